The molecule has 2 saturated heterocycles. The van der Waals surface area contributed by atoms with Crippen LogP contribution in [0.1, 0.15) is 348 Å². The lowest BCUT2D eigenvalue weighted by atomic mass is 9.97. The molecule has 9 N–H and O–H groups in total. The van der Waals surface area contributed by atoms with Crippen LogP contribution in [0, 0.1) is 0 Å². The average molecular weight is 1460 g/mol. The van der Waals surface area contributed by atoms with Gasteiger partial charge in [0.2, 0.25) is 5.91 Å². The molecule has 0 radical (unpaired) electrons. The summed E-state index contributed by atoms with van der Waals surface area (Å²) in [6.07, 6.45) is 89.5. The summed E-state index contributed by atoms with van der Waals surface area (Å²) in [4.78, 5) is 13.4. The molecule has 14 nitrogen and oxygen atoms in total. The van der Waals surface area contributed by atoms with E-state index in [9.17, 15) is 45.6 Å². The lowest BCUT2D eigenvalue weighted by Gasteiger charge is -2.46. The second kappa shape index (κ2) is 72.3. The van der Waals surface area contributed by atoms with E-state index >= 15 is 0 Å². The van der Waals surface area contributed by atoms with E-state index in [0.717, 1.165) is 116 Å². The van der Waals surface area contributed by atoms with Crippen LogP contribution in [0.2, 0.25) is 0 Å². The molecule has 0 aromatic rings. The smallest absolute Gasteiger partial charge is 0.220 e. The summed E-state index contributed by atoms with van der Waals surface area (Å²) in [5, 5.41) is 88.0. The number of rotatable bonds is 71. The minimum Gasteiger partial charge on any atom is -0.394 e. The molecule has 1 amide bonds. The maximum Gasteiger partial charge on any atom is 0.220 e. The monoisotopic (exact) mass is 1460 g/mol. The van der Waals surface area contributed by atoms with E-state index < -0.39 is 86.8 Å². The predicted molar refractivity (Wildman–Crippen MR) is 433 cm³/mol. The average Bonchev–Trinajstić information content (AvgIpc) is 0.789. The number of amides is 1. The second-order valence-corrected chi connectivity index (χ2v) is 29.6. The van der Waals surface area contributed by atoms with Gasteiger partial charge in [-0.25, -0.2) is 0 Å². The molecule has 2 fully saturated rings. The Morgan fingerprint density at radius 2 is 0.663 bits per heavy atom. The van der Waals surface area contributed by atoms with Crippen molar-refractivity contribution in [3.63, 3.8) is 0 Å². The highest BCUT2D eigenvalue weighted by molar-refractivity contribution is 5.76. The summed E-state index contributed by atoms with van der Waals surface area (Å²) in [6, 6.07) is -0.841. The van der Waals surface area contributed by atoms with Gasteiger partial charge in [-0.2, -0.15) is 0 Å². The molecule has 0 bridgehead atoms. The fourth-order valence-corrected chi connectivity index (χ4v) is 13.5. The largest absolute Gasteiger partial charge is 0.394 e. The number of aliphatic hydroxyl groups is 8. The van der Waals surface area contributed by atoms with Crippen molar-refractivity contribution in [1.29, 1.82) is 0 Å². The number of hydrogen-bond acceptors (Lipinski definition) is 13. The van der Waals surface area contributed by atoms with Crippen LogP contribution in [-0.4, -0.2) is 140 Å². The second-order valence-electron chi connectivity index (χ2n) is 29.6. The lowest BCUT2D eigenvalue weighted by molar-refractivity contribution is -0.359. The van der Waals surface area contributed by atoms with Gasteiger partial charge in [0, 0.05) is 6.42 Å². The number of allylic oxidation sites excluding steroid dienone is 20. The molecule has 12 atom stereocenters. The molecule has 12 unspecified atom stereocenters. The minimum absolute atomic E-state index is 0.211. The molecule has 14 heteroatoms. The van der Waals surface area contributed by atoms with Crippen LogP contribution in [0.4, 0.5) is 0 Å². The summed E-state index contributed by atoms with van der Waals surface area (Å²) in [6.45, 7) is 2.79. The van der Waals surface area contributed by atoms with Crippen molar-refractivity contribution in [3.8, 4) is 0 Å². The number of aliphatic hydroxyl groups excluding tert-OH is 8. The molecule has 0 saturated carbocycles. The summed E-state index contributed by atoms with van der Waals surface area (Å²) < 4.78 is 23.0. The van der Waals surface area contributed by atoms with Gasteiger partial charge in [0.1, 0.15) is 48.8 Å². The first-order chi connectivity index (χ1) is 51.1. The molecule has 0 aromatic carbocycles. The number of carbonyl (C=O) groups is 1. The third-order valence-electron chi connectivity index (χ3n) is 20.2. The number of ether oxygens (including phenoxy) is 4. The van der Waals surface area contributed by atoms with Gasteiger partial charge in [-0.15, -0.1) is 0 Å². The van der Waals surface area contributed by atoms with E-state index in [1.54, 1.807) is 0 Å². The van der Waals surface area contributed by atoms with Crippen molar-refractivity contribution in [1.82, 2.24) is 5.32 Å². The zero-order valence-corrected chi connectivity index (χ0v) is 66.0. The molecule has 0 spiro atoms. The number of hydrogen-bond donors (Lipinski definition) is 9. The van der Waals surface area contributed by atoms with Crippen LogP contribution in [0.25, 0.3) is 0 Å². The van der Waals surface area contributed by atoms with Gasteiger partial charge in [0.25, 0.3) is 0 Å². The molecule has 104 heavy (non-hydrogen) atoms. The van der Waals surface area contributed by atoms with Crippen molar-refractivity contribution in [2.45, 2.75) is 421 Å². The Labute approximate surface area is 635 Å². The van der Waals surface area contributed by atoms with Gasteiger partial charge in [-0.05, 0) is 89.9 Å². The Hall–Kier alpha value is -3.61. The normalized spacial score (nSPS) is 22.1. The van der Waals surface area contributed by atoms with Gasteiger partial charge in [0.05, 0.1) is 32.0 Å². The van der Waals surface area contributed by atoms with Crippen LogP contribution < -0.4 is 5.32 Å². The maximum atomic E-state index is 13.4. The zero-order chi connectivity index (χ0) is 75.1. The lowest BCUT2D eigenvalue weighted by Crippen LogP contribution is -2.65. The van der Waals surface area contributed by atoms with E-state index in [0.29, 0.717) is 19.3 Å². The van der Waals surface area contributed by atoms with Crippen LogP contribution >= 0.6 is 0 Å². The standard InChI is InChI=1S/C90H157NO13/c1-3-5-7-9-11-13-15-17-19-21-23-25-27-29-31-33-34-35-36-37-38-39-40-41-42-43-44-46-48-50-52-54-56-58-60-62-64-66-68-70-72-74-82(95)91-78(77-101-89-87(100)85(98)88(81(76-93)103-89)104-90-86(99)84(97)83(96)80(75-92)102-90)79(94)73-71-69-67-65-63-61-59-57-55-53-51-49-47-45-32-30-28-26-24-22-20-18-16-14-12-10-8-6-4-2/h5,7,11,13,17,19,23,25,29,31,34-35,37-38,40-41,43-44,48,50,78-81,83-90,92-94,96-100H,3-4,6,8-10,12,14-16,18,20-22,24,26-28,30,32-33,36,39,42,45-47,49,51-77H2,1-2H3,(H,91,95)/b7-5-,13-11-,19-17-,25-23-,31-29-,35-34-,38-37-,41-40-,44-43-,50-48-. The zero-order valence-electron chi connectivity index (χ0n) is 66.0. The summed E-state index contributed by atoms with van der Waals surface area (Å²) in [7, 11) is 0. The molecule has 600 valence electrons. The summed E-state index contributed by atoms with van der Waals surface area (Å²) in [5.74, 6) is -0.211. The Morgan fingerprint density at radius 3 is 1.02 bits per heavy atom. The Bertz CT molecular complexity index is 2220. The highest BCUT2D eigenvalue weighted by Crippen LogP contribution is 2.30. The molecular formula is C90H157NO13. The Kier molecular flexibility index (Phi) is 67.0. The van der Waals surface area contributed by atoms with Crippen molar-refractivity contribution in [3.05, 3.63) is 122 Å². The Balaban J connectivity index is 1.60. The third-order valence-corrected chi connectivity index (χ3v) is 20.2. The highest BCUT2D eigenvalue weighted by Gasteiger charge is 2.51. The number of carbonyl (C=O) groups excluding carboxylic acids is 1. The van der Waals surface area contributed by atoms with Gasteiger partial charge in [-0.1, -0.05) is 373 Å². The number of unbranched alkanes of at least 4 members (excludes halogenated alkanes) is 38. The SMILES string of the molecule is CC/C=C\C/C=C\C/C=C\C/C=C\C/C=C\C/C=C\C/C=C\C/C=C\C/C=C\C/C=C\CCCCCCCCCCCCC(=O)NC(COC1OC(CO)C(OC2OC(CO)C(O)C(O)C2O)C(O)C1O)C(O)CCCCCCCCCCCCCCCCCCCCCCCCCCCCCCC. The Morgan fingerprint density at radius 1 is 0.356 bits per heavy atom. The fraction of sp³-hybridized carbons (Fsp3) is 0.767. The van der Waals surface area contributed by atoms with Gasteiger partial charge < -0.3 is 65.1 Å². The molecule has 2 rings (SSSR count). The van der Waals surface area contributed by atoms with Crippen LogP contribution in [0.15, 0.2) is 122 Å². The first-order valence-corrected chi connectivity index (χ1v) is 42.8. The van der Waals surface area contributed by atoms with Gasteiger partial charge in [-0.3, -0.25) is 4.79 Å². The highest BCUT2D eigenvalue weighted by atomic mass is 16.7. The molecular weight excluding hydrogens is 1300 g/mol. The van der Waals surface area contributed by atoms with Crippen molar-refractivity contribution in [2.75, 3.05) is 19.8 Å². The van der Waals surface area contributed by atoms with Crippen molar-refractivity contribution >= 4 is 5.91 Å². The van der Waals surface area contributed by atoms with E-state index in [-0.39, 0.29) is 12.5 Å². The van der Waals surface area contributed by atoms with Crippen molar-refractivity contribution < 1.29 is 64.6 Å². The molecule has 2 aliphatic heterocycles. The van der Waals surface area contributed by atoms with E-state index in [1.165, 1.54) is 199 Å². The summed E-state index contributed by atoms with van der Waals surface area (Å²) >= 11 is 0. The number of nitrogens with one attached hydrogen (secondary N) is 1. The van der Waals surface area contributed by atoms with Gasteiger partial charge in [0.15, 0.2) is 12.6 Å². The summed E-state index contributed by atoms with van der Waals surface area (Å²) in [5.41, 5.74) is 0. The molecule has 0 aromatic heterocycles. The van der Waals surface area contributed by atoms with Crippen LogP contribution in [-0.2, 0) is 23.7 Å². The van der Waals surface area contributed by atoms with Crippen LogP contribution in [0.3, 0.4) is 0 Å². The fourth-order valence-electron chi connectivity index (χ4n) is 13.5. The maximum absolute atomic E-state index is 13.4. The minimum atomic E-state index is -1.79. The first kappa shape index (κ1) is 96.5. The molecule has 0 aliphatic carbocycles. The molecule has 2 heterocycles. The molecule has 2 aliphatic rings. The first-order valence-electron chi connectivity index (χ1n) is 42.8. The quantitative estimate of drug-likeness (QED) is 0.0204. The van der Waals surface area contributed by atoms with E-state index in [1.807, 2.05) is 0 Å². The van der Waals surface area contributed by atoms with Crippen LogP contribution in [0.5, 0.6) is 0 Å². The predicted octanol–water partition coefficient (Wildman–Crippen LogP) is 20.4. The van der Waals surface area contributed by atoms with E-state index in [4.69, 9.17) is 18.9 Å². The topological polar surface area (TPSA) is 228 Å². The van der Waals surface area contributed by atoms with Crippen molar-refractivity contribution in [2.24, 2.45) is 0 Å². The van der Waals surface area contributed by atoms with Gasteiger partial charge >= 0.3 is 0 Å². The van der Waals surface area contributed by atoms with E-state index in [2.05, 4.69) is 141 Å². The third kappa shape index (κ3) is 54.1.